The molecule has 0 amide bonds. The number of hydrogen-bond acceptors (Lipinski definition) is 4. The standard InChI is InChI=1S/C24H34F2O4/c1-4-12-24(25,26)16(3)21(27)11-10-19-20-14-17(13-18(20)15-22(19)28)8-6-7-9-23(29)30-5-2/h8,10-11,16,18-22,27-28H,5-7,9,13-15H2,1-3H3/b11-10+,17-8+/t16?,18-,19+,20-,21+,22+/m0/s1/i9D2. The molecule has 1 unspecified atom stereocenters. The van der Waals surface area contributed by atoms with Crippen molar-refractivity contribution in [1.29, 1.82) is 0 Å². The SMILES string of the molecule is [2H]C([2H])(CC/C=C1\C[C@H]2C[C@@H](O)[C@H](/C=C/[C@@H](O)C(C)C(F)(F)C#CC)[C@H]2C1)C(=O)OCC. The molecule has 0 spiro atoms. The first kappa shape index (κ1) is 21.5. The van der Waals surface area contributed by atoms with Crippen LogP contribution >= 0.6 is 0 Å². The molecule has 0 aromatic carbocycles. The first-order chi connectivity index (χ1) is 14.9. The molecule has 6 heteroatoms. The van der Waals surface area contributed by atoms with Gasteiger partial charge in [-0.15, -0.1) is 5.92 Å². The van der Waals surface area contributed by atoms with E-state index in [1.165, 1.54) is 19.9 Å². The zero-order chi connectivity index (χ0) is 24.1. The lowest BCUT2D eigenvalue weighted by Gasteiger charge is -2.23. The Labute approximate surface area is 181 Å². The minimum absolute atomic E-state index is 0.0373. The number of allylic oxidation sites excluding steroid dienone is 2. The van der Waals surface area contributed by atoms with Crippen LogP contribution in [0.3, 0.4) is 0 Å². The molecule has 2 fully saturated rings. The lowest BCUT2D eigenvalue weighted by Crippen LogP contribution is -2.33. The van der Waals surface area contributed by atoms with E-state index in [4.69, 9.17) is 7.48 Å². The van der Waals surface area contributed by atoms with Gasteiger partial charge in [0.2, 0.25) is 0 Å². The van der Waals surface area contributed by atoms with Gasteiger partial charge in [-0.25, -0.2) is 0 Å². The van der Waals surface area contributed by atoms with E-state index in [0.717, 1.165) is 18.4 Å². The Bertz CT molecular complexity index is 785. The molecule has 4 nitrogen and oxygen atoms in total. The lowest BCUT2D eigenvalue weighted by atomic mass is 9.89. The van der Waals surface area contributed by atoms with Crippen LogP contribution in [0.1, 0.15) is 62.0 Å². The summed E-state index contributed by atoms with van der Waals surface area (Å²) in [4.78, 5) is 11.7. The molecule has 2 rings (SSSR count). The van der Waals surface area contributed by atoms with Gasteiger partial charge in [-0.1, -0.05) is 30.7 Å². The number of carbonyl (C=O) groups is 1. The molecule has 0 aromatic heterocycles. The van der Waals surface area contributed by atoms with E-state index in [9.17, 15) is 23.8 Å². The Kier molecular flexibility index (Phi) is 7.94. The Morgan fingerprint density at radius 2 is 2.20 bits per heavy atom. The quantitative estimate of drug-likeness (QED) is 0.328. The van der Waals surface area contributed by atoms with Crippen LogP contribution in [0.4, 0.5) is 8.78 Å². The van der Waals surface area contributed by atoms with Gasteiger partial charge in [-0.2, -0.15) is 8.78 Å². The highest BCUT2D eigenvalue weighted by atomic mass is 19.3. The van der Waals surface area contributed by atoms with Gasteiger partial charge in [-0.3, -0.25) is 4.79 Å². The second-order valence-electron chi connectivity index (χ2n) is 8.17. The number of rotatable bonds is 9. The van der Waals surface area contributed by atoms with Gasteiger partial charge in [0, 0.05) is 15.0 Å². The third-order valence-corrected chi connectivity index (χ3v) is 6.14. The molecular formula is C24H34F2O4. The van der Waals surface area contributed by atoms with Crippen LogP contribution in [0.15, 0.2) is 23.8 Å². The molecule has 0 aromatic rings. The maximum absolute atomic E-state index is 13.9. The predicted octanol–water partition coefficient (Wildman–Crippen LogP) is 4.27. The van der Waals surface area contributed by atoms with Crippen LogP contribution < -0.4 is 0 Å². The highest BCUT2D eigenvalue weighted by Crippen LogP contribution is 2.50. The summed E-state index contributed by atoms with van der Waals surface area (Å²) in [6.07, 6.45) is 3.55. The number of halogens is 2. The van der Waals surface area contributed by atoms with Crippen molar-refractivity contribution in [2.45, 2.75) is 77.4 Å². The van der Waals surface area contributed by atoms with Crippen LogP contribution in [-0.4, -0.2) is 40.9 Å². The van der Waals surface area contributed by atoms with Crippen molar-refractivity contribution < 1.29 is 31.3 Å². The van der Waals surface area contributed by atoms with Crippen molar-refractivity contribution in [3.05, 3.63) is 23.8 Å². The molecule has 0 heterocycles. The molecule has 0 bridgehead atoms. The van der Waals surface area contributed by atoms with Crippen molar-refractivity contribution in [1.82, 2.24) is 0 Å². The number of alkyl halides is 2. The normalized spacial score (nSPS) is 31.0. The highest BCUT2D eigenvalue weighted by molar-refractivity contribution is 5.69. The summed E-state index contributed by atoms with van der Waals surface area (Å²) in [6, 6.07) is 0. The van der Waals surface area contributed by atoms with E-state index < -0.39 is 36.4 Å². The van der Waals surface area contributed by atoms with Crippen LogP contribution in [0.25, 0.3) is 0 Å². The van der Waals surface area contributed by atoms with E-state index in [2.05, 4.69) is 5.92 Å². The first-order valence-electron chi connectivity index (χ1n) is 11.6. The van der Waals surface area contributed by atoms with Gasteiger partial charge < -0.3 is 14.9 Å². The number of ether oxygens (including phenoxy) is 1. The predicted molar refractivity (Wildman–Crippen MR) is 112 cm³/mol. The smallest absolute Gasteiger partial charge is 0.313 e. The third kappa shape index (κ3) is 6.39. The molecule has 0 radical (unpaired) electrons. The monoisotopic (exact) mass is 426 g/mol. The van der Waals surface area contributed by atoms with Gasteiger partial charge in [0.1, 0.15) is 0 Å². The number of hydrogen-bond donors (Lipinski definition) is 2. The van der Waals surface area contributed by atoms with Crippen molar-refractivity contribution in [3.8, 4) is 11.8 Å². The molecule has 6 atom stereocenters. The van der Waals surface area contributed by atoms with E-state index in [-0.39, 0.29) is 30.8 Å². The summed E-state index contributed by atoms with van der Waals surface area (Å²) < 4.78 is 48.3. The number of fused-ring (bicyclic) bond motifs is 1. The van der Waals surface area contributed by atoms with Gasteiger partial charge in [0.15, 0.2) is 0 Å². The Morgan fingerprint density at radius 1 is 1.47 bits per heavy atom. The van der Waals surface area contributed by atoms with E-state index in [1.807, 2.05) is 12.0 Å². The molecule has 168 valence electrons. The summed E-state index contributed by atoms with van der Waals surface area (Å²) >= 11 is 0. The van der Waals surface area contributed by atoms with Crippen molar-refractivity contribution >= 4 is 5.97 Å². The second-order valence-corrected chi connectivity index (χ2v) is 8.17. The first-order valence-corrected chi connectivity index (χ1v) is 10.6. The Hall–Kier alpha value is -1.71. The van der Waals surface area contributed by atoms with E-state index in [0.29, 0.717) is 12.8 Å². The number of aliphatic hydroxyl groups is 2. The van der Waals surface area contributed by atoms with E-state index in [1.54, 1.807) is 13.0 Å². The average molecular weight is 427 g/mol. The maximum Gasteiger partial charge on any atom is 0.313 e. The lowest BCUT2D eigenvalue weighted by molar-refractivity contribution is -0.143. The molecular weight excluding hydrogens is 390 g/mol. The topological polar surface area (TPSA) is 66.8 Å². The molecule has 0 aliphatic heterocycles. The minimum Gasteiger partial charge on any atom is -0.466 e. The average Bonchev–Trinajstić information content (AvgIpc) is 3.21. The summed E-state index contributed by atoms with van der Waals surface area (Å²) in [7, 11) is 0. The third-order valence-electron chi connectivity index (χ3n) is 6.14. The molecule has 2 N–H and O–H groups in total. The molecule has 2 aliphatic carbocycles. The zero-order valence-corrected chi connectivity index (χ0v) is 17.9. The summed E-state index contributed by atoms with van der Waals surface area (Å²) in [6.45, 7) is 4.35. The van der Waals surface area contributed by atoms with Gasteiger partial charge in [-0.05, 0) is 63.7 Å². The zero-order valence-electron chi connectivity index (χ0n) is 19.9. The fraction of sp³-hybridized carbons (Fsp3) is 0.708. The fourth-order valence-electron chi connectivity index (χ4n) is 4.48. The maximum atomic E-state index is 13.9. The van der Waals surface area contributed by atoms with Gasteiger partial charge in [0.05, 0.1) is 24.7 Å². The summed E-state index contributed by atoms with van der Waals surface area (Å²) in [5.74, 6) is -1.31. The molecule has 2 aliphatic rings. The number of carbonyl (C=O) groups excluding carboxylic acids is 1. The highest BCUT2D eigenvalue weighted by Gasteiger charge is 2.45. The Balaban J connectivity index is 1.97. The Morgan fingerprint density at radius 3 is 2.87 bits per heavy atom. The van der Waals surface area contributed by atoms with Crippen LogP contribution in [0.5, 0.6) is 0 Å². The summed E-state index contributed by atoms with van der Waals surface area (Å²) in [5, 5.41) is 20.6. The number of aliphatic hydroxyl groups excluding tert-OH is 2. The minimum atomic E-state index is -3.30. The molecule has 30 heavy (non-hydrogen) atoms. The van der Waals surface area contributed by atoms with Crippen molar-refractivity contribution in [2.24, 2.45) is 23.7 Å². The van der Waals surface area contributed by atoms with Gasteiger partial charge >= 0.3 is 11.9 Å². The fourth-order valence-corrected chi connectivity index (χ4v) is 4.48. The van der Waals surface area contributed by atoms with Crippen molar-refractivity contribution in [2.75, 3.05) is 6.61 Å². The molecule has 2 saturated carbocycles. The van der Waals surface area contributed by atoms with Crippen LogP contribution in [0, 0.1) is 35.5 Å². The largest absolute Gasteiger partial charge is 0.466 e. The summed E-state index contributed by atoms with van der Waals surface area (Å²) in [5.41, 5.74) is 1.16. The number of esters is 1. The van der Waals surface area contributed by atoms with Crippen molar-refractivity contribution in [3.63, 3.8) is 0 Å². The van der Waals surface area contributed by atoms with E-state index >= 15 is 0 Å². The van der Waals surface area contributed by atoms with Crippen LogP contribution in [0.2, 0.25) is 0 Å². The molecule has 0 saturated heterocycles. The second kappa shape index (κ2) is 11.1. The van der Waals surface area contributed by atoms with Gasteiger partial charge in [0.25, 0.3) is 0 Å². The van der Waals surface area contributed by atoms with Crippen LogP contribution in [-0.2, 0) is 9.53 Å².